The topological polar surface area (TPSA) is 137 Å². The Hall–Kier alpha value is -2.77. The summed E-state index contributed by atoms with van der Waals surface area (Å²) in [5.74, 6) is -1.59. The third-order valence-corrected chi connectivity index (χ3v) is 11.4. The summed E-state index contributed by atoms with van der Waals surface area (Å²) in [7, 11) is -3.41. The van der Waals surface area contributed by atoms with Crippen LogP contribution in [0.25, 0.3) is 0 Å². The minimum absolute atomic E-state index is 0.0227. The molecule has 5 rings (SSSR count). The van der Waals surface area contributed by atoms with Gasteiger partial charge >= 0.3 is 6.09 Å². The van der Waals surface area contributed by atoms with Crippen LogP contribution in [0.3, 0.4) is 0 Å². The van der Waals surface area contributed by atoms with E-state index in [0.29, 0.717) is 50.4 Å². The number of nitrogens with zero attached hydrogens (tertiary/aromatic N) is 1. The maximum atomic E-state index is 15.3. The summed E-state index contributed by atoms with van der Waals surface area (Å²) >= 11 is 6.13. The summed E-state index contributed by atoms with van der Waals surface area (Å²) in [5.41, 5.74) is 1.21. The summed E-state index contributed by atoms with van der Waals surface area (Å²) in [6.45, 7) is 1.55. The van der Waals surface area contributed by atoms with Gasteiger partial charge in [0.05, 0.1) is 11.9 Å². The van der Waals surface area contributed by atoms with Crippen molar-refractivity contribution in [3.05, 3.63) is 64.4 Å². The maximum absolute atomic E-state index is 15.3. The van der Waals surface area contributed by atoms with Crippen molar-refractivity contribution in [2.24, 2.45) is 0 Å². The standard InChI is InChI=1S/C32H42ClFN4O6S/c33-22-11-9-21(10-12-22)26(16-14-25-6-1-2-17-44-25)30(37-32(40)41)31(39)36-29-8-3-7-28(34)27(29)15-13-24-19-35-23-5-4-18-45(42,43)38(24)20-23/h3,7-12,23-26,30,35,37H,1-2,4-6,13-20H2,(H,36,39)(H,40,41)/t23?,24?,25?,26-,30+/m1/s1. The smallest absolute Gasteiger partial charge is 0.405 e. The molecule has 0 aliphatic carbocycles. The largest absolute Gasteiger partial charge is 0.465 e. The van der Waals surface area contributed by atoms with Crippen LogP contribution in [-0.2, 0) is 26.0 Å². The first-order chi connectivity index (χ1) is 21.6. The van der Waals surface area contributed by atoms with Crippen LogP contribution in [0.1, 0.15) is 68.4 Å². The number of carboxylic acid groups (broad SMARTS) is 1. The van der Waals surface area contributed by atoms with Gasteiger partial charge in [-0.15, -0.1) is 0 Å². The van der Waals surface area contributed by atoms with E-state index in [9.17, 15) is 23.1 Å². The van der Waals surface area contributed by atoms with Gasteiger partial charge in [-0.1, -0.05) is 29.8 Å². The van der Waals surface area contributed by atoms with E-state index in [-0.39, 0.29) is 41.6 Å². The van der Waals surface area contributed by atoms with Crippen LogP contribution in [0.15, 0.2) is 42.5 Å². The molecular weight excluding hydrogens is 623 g/mol. The van der Waals surface area contributed by atoms with Gasteiger partial charge in [0.15, 0.2) is 0 Å². The Morgan fingerprint density at radius 3 is 2.64 bits per heavy atom. The molecular formula is C32H42ClFN4O6S. The molecule has 3 aliphatic rings. The third-order valence-electron chi connectivity index (χ3n) is 9.20. The molecule has 3 fully saturated rings. The van der Waals surface area contributed by atoms with E-state index in [4.69, 9.17) is 16.3 Å². The molecule has 0 radical (unpaired) electrons. The normalized spacial score (nSPS) is 25.8. The molecule has 6 atom stereocenters. The second-order valence-corrected chi connectivity index (χ2v) is 14.7. The van der Waals surface area contributed by atoms with Gasteiger partial charge in [0.25, 0.3) is 0 Å². The van der Waals surface area contributed by atoms with Crippen molar-refractivity contribution >= 4 is 39.3 Å². The van der Waals surface area contributed by atoms with Gasteiger partial charge in [-0.3, -0.25) is 4.79 Å². The van der Waals surface area contributed by atoms with E-state index >= 15 is 4.39 Å². The first-order valence-corrected chi connectivity index (χ1v) is 17.8. The molecule has 2 bridgehead atoms. The molecule has 246 valence electrons. The molecule has 3 aliphatic heterocycles. The highest BCUT2D eigenvalue weighted by Crippen LogP contribution is 2.32. The second kappa shape index (κ2) is 15.2. The van der Waals surface area contributed by atoms with Crippen molar-refractivity contribution in [2.75, 3.05) is 30.8 Å². The zero-order valence-electron chi connectivity index (χ0n) is 25.2. The summed E-state index contributed by atoms with van der Waals surface area (Å²) in [4.78, 5) is 25.9. The monoisotopic (exact) mass is 664 g/mol. The molecule has 13 heteroatoms. The van der Waals surface area contributed by atoms with Crippen LogP contribution in [0.2, 0.25) is 5.02 Å². The minimum atomic E-state index is -3.41. The Labute approximate surface area is 269 Å². The third kappa shape index (κ3) is 8.74. The number of anilines is 1. The molecule has 45 heavy (non-hydrogen) atoms. The molecule has 2 aromatic rings. The number of carbonyl (C=O) groups is 2. The van der Waals surface area contributed by atoms with Crippen LogP contribution in [-0.4, -0.2) is 79.5 Å². The lowest BCUT2D eigenvalue weighted by molar-refractivity contribution is -0.118. The van der Waals surface area contributed by atoms with Crippen LogP contribution in [0, 0.1) is 5.82 Å². The fourth-order valence-corrected chi connectivity index (χ4v) is 8.75. The maximum Gasteiger partial charge on any atom is 0.405 e. The second-order valence-electron chi connectivity index (χ2n) is 12.2. The summed E-state index contributed by atoms with van der Waals surface area (Å²) in [5, 5.41) is 18.9. The van der Waals surface area contributed by atoms with E-state index < -0.39 is 39.8 Å². The van der Waals surface area contributed by atoms with Crippen LogP contribution in [0.4, 0.5) is 14.9 Å². The first-order valence-electron chi connectivity index (χ1n) is 15.8. The molecule has 0 aromatic heterocycles. The van der Waals surface area contributed by atoms with Crippen molar-refractivity contribution < 1.29 is 32.2 Å². The quantitative estimate of drug-likeness (QED) is 0.269. The number of nitrogens with one attached hydrogen (secondary N) is 3. The molecule has 0 saturated carbocycles. The van der Waals surface area contributed by atoms with Gasteiger partial charge in [-0.2, -0.15) is 4.31 Å². The van der Waals surface area contributed by atoms with Crippen molar-refractivity contribution in [1.29, 1.82) is 0 Å². The molecule has 0 spiro atoms. The molecule has 3 heterocycles. The number of hydrogen-bond donors (Lipinski definition) is 4. The Morgan fingerprint density at radius 2 is 1.91 bits per heavy atom. The number of amides is 2. The highest BCUT2D eigenvalue weighted by atomic mass is 35.5. The van der Waals surface area contributed by atoms with Gasteiger partial charge in [-0.05, 0) is 87.6 Å². The molecule has 10 nitrogen and oxygen atoms in total. The number of sulfonamides is 1. The predicted molar refractivity (Wildman–Crippen MR) is 171 cm³/mol. The van der Waals surface area contributed by atoms with Crippen LogP contribution >= 0.6 is 11.6 Å². The van der Waals surface area contributed by atoms with E-state index in [1.54, 1.807) is 34.6 Å². The van der Waals surface area contributed by atoms with Crippen LogP contribution < -0.4 is 16.0 Å². The van der Waals surface area contributed by atoms with Crippen molar-refractivity contribution in [2.45, 2.75) is 87.9 Å². The average Bonchev–Trinajstić information content (AvgIpc) is 3.13. The van der Waals surface area contributed by atoms with E-state index in [1.807, 2.05) is 0 Å². The number of hydrogen-bond acceptors (Lipinski definition) is 6. The van der Waals surface area contributed by atoms with Crippen molar-refractivity contribution in [3.63, 3.8) is 0 Å². The lowest BCUT2D eigenvalue weighted by Gasteiger charge is -2.37. The van der Waals surface area contributed by atoms with E-state index in [2.05, 4.69) is 16.0 Å². The Balaban J connectivity index is 1.36. The number of ether oxygens (including phenoxy) is 1. The number of fused-ring (bicyclic) bond motifs is 2. The molecule has 4 unspecified atom stereocenters. The number of rotatable bonds is 11. The molecule has 2 aromatic carbocycles. The number of halogens is 2. The lowest BCUT2D eigenvalue weighted by atomic mass is 9.85. The zero-order chi connectivity index (χ0) is 32.0. The fourth-order valence-electron chi connectivity index (χ4n) is 6.81. The Kier molecular flexibility index (Phi) is 11.4. The zero-order valence-corrected chi connectivity index (χ0v) is 26.8. The fraction of sp³-hybridized carbons (Fsp3) is 0.562. The van der Waals surface area contributed by atoms with E-state index in [0.717, 1.165) is 31.2 Å². The lowest BCUT2D eigenvalue weighted by Crippen LogP contribution is -2.57. The van der Waals surface area contributed by atoms with Gasteiger partial charge in [0.1, 0.15) is 11.9 Å². The number of carbonyl (C=O) groups excluding carboxylic acids is 1. The number of piperazine rings is 1. The summed E-state index contributed by atoms with van der Waals surface area (Å²) in [6.07, 6.45) is 4.67. The molecule has 2 amide bonds. The van der Waals surface area contributed by atoms with Gasteiger partial charge < -0.3 is 25.8 Å². The SMILES string of the molecule is O=C(O)N[C@H](C(=O)Nc1cccc(F)c1CCC1CNC2CCCS(=O)(=O)N1C2)[C@H](CCC1CCCCO1)c1ccc(Cl)cc1. The van der Waals surface area contributed by atoms with Crippen molar-refractivity contribution in [1.82, 2.24) is 14.9 Å². The predicted octanol–water partition coefficient (Wildman–Crippen LogP) is 4.89. The minimum Gasteiger partial charge on any atom is -0.465 e. The highest BCUT2D eigenvalue weighted by molar-refractivity contribution is 7.89. The van der Waals surface area contributed by atoms with Gasteiger partial charge in [0, 0.05) is 54.0 Å². The molecule has 3 saturated heterocycles. The highest BCUT2D eigenvalue weighted by Gasteiger charge is 2.38. The summed E-state index contributed by atoms with van der Waals surface area (Å²) < 4.78 is 48.6. The van der Waals surface area contributed by atoms with Crippen LogP contribution in [0.5, 0.6) is 0 Å². The first kappa shape index (κ1) is 33.6. The van der Waals surface area contributed by atoms with E-state index in [1.165, 1.54) is 12.1 Å². The van der Waals surface area contributed by atoms with Crippen molar-refractivity contribution in [3.8, 4) is 0 Å². The summed E-state index contributed by atoms with van der Waals surface area (Å²) in [6, 6.07) is 9.92. The Morgan fingerprint density at radius 1 is 1.11 bits per heavy atom. The number of benzene rings is 2. The molecule has 4 N–H and O–H groups in total. The van der Waals surface area contributed by atoms with Gasteiger partial charge in [-0.25, -0.2) is 17.6 Å². The Bertz CT molecular complexity index is 1440. The van der Waals surface area contributed by atoms with Gasteiger partial charge in [0.2, 0.25) is 15.9 Å². The average molecular weight is 665 g/mol.